The van der Waals surface area contributed by atoms with Crippen molar-refractivity contribution in [3.8, 4) is 5.75 Å². The van der Waals surface area contributed by atoms with E-state index in [1.165, 1.54) is 0 Å². The fraction of sp³-hybridized carbons (Fsp3) is 0.333. The molecule has 0 atom stereocenters. The highest BCUT2D eigenvalue weighted by atomic mass is 32.2. The molecule has 0 radical (unpaired) electrons. The molecule has 1 rings (SSSR count). The second kappa shape index (κ2) is 5.12. The Labute approximate surface area is 102 Å². The molecule has 0 N–H and O–H groups in total. The van der Waals surface area contributed by atoms with E-state index in [2.05, 4.69) is 9.57 Å². The van der Waals surface area contributed by atoms with Crippen molar-refractivity contribution in [1.82, 2.24) is 4.47 Å². The third-order valence-electron chi connectivity index (χ3n) is 1.93. The first-order valence-electron chi connectivity index (χ1n) is 4.55. The van der Waals surface area contributed by atoms with Crippen LogP contribution < -0.4 is 4.74 Å². The highest BCUT2D eigenvalue weighted by Gasteiger charge is 2.31. The van der Waals surface area contributed by atoms with Crippen LogP contribution in [0.15, 0.2) is 29.2 Å². The molecular weight excluding hydrogens is 275 g/mol. The van der Waals surface area contributed by atoms with Gasteiger partial charge in [0.2, 0.25) is 0 Å². The number of nitrogens with zero attached hydrogens (tertiary/aromatic N) is 1. The molecule has 1 aromatic rings. The zero-order valence-corrected chi connectivity index (χ0v) is 10.2. The third-order valence-corrected chi connectivity index (χ3v) is 3.61. The van der Waals surface area contributed by atoms with E-state index in [0.717, 1.165) is 38.4 Å². The van der Waals surface area contributed by atoms with E-state index in [4.69, 9.17) is 0 Å². The SMILES string of the molecule is CON(C)S(=O)(=O)c1cccc(OC(F)(F)F)c1. The number of hydroxylamine groups is 1. The molecule has 0 fully saturated rings. The summed E-state index contributed by atoms with van der Waals surface area (Å²) >= 11 is 0. The summed E-state index contributed by atoms with van der Waals surface area (Å²) < 4.78 is 63.6. The summed E-state index contributed by atoms with van der Waals surface area (Å²) in [6, 6.07) is 4.03. The Hall–Kier alpha value is -1.32. The highest BCUT2D eigenvalue weighted by molar-refractivity contribution is 7.89. The number of rotatable bonds is 4. The molecule has 0 heterocycles. The van der Waals surface area contributed by atoms with Gasteiger partial charge in [-0.2, -0.15) is 0 Å². The van der Waals surface area contributed by atoms with Crippen LogP contribution in [-0.4, -0.2) is 33.4 Å². The van der Waals surface area contributed by atoms with Crippen LogP contribution in [0.5, 0.6) is 5.75 Å². The van der Waals surface area contributed by atoms with Crippen molar-refractivity contribution in [2.75, 3.05) is 14.2 Å². The standard InChI is InChI=1S/C9H10F3NO4S/c1-13(16-2)18(14,15)8-5-3-4-7(6-8)17-9(10,11)12/h3-6H,1-2H3. The van der Waals surface area contributed by atoms with Crippen LogP contribution >= 0.6 is 0 Å². The summed E-state index contributed by atoms with van der Waals surface area (Å²) in [5.74, 6) is -0.618. The smallest absolute Gasteiger partial charge is 0.406 e. The van der Waals surface area contributed by atoms with Gasteiger partial charge in [-0.05, 0) is 12.1 Å². The van der Waals surface area contributed by atoms with Gasteiger partial charge in [0, 0.05) is 13.1 Å². The van der Waals surface area contributed by atoms with Crippen LogP contribution in [0.2, 0.25) is 0 Å². The van der Waals surface area contributed by atoms with E-state index >= 15 is 0 Å². The van der Waals surface area contributed by atoms with Gasteiger partial charge in [-0.3, -0.25) is 4.84 Å². The predicted octanol–water partition coefficient (Wildman–Crippen LogP) is 1.77. The molecule has 0 bridgehead atoms. The number of sulfonamides is 1. The van der Waals surface area contributed by atoms with Crippen molar-refractivity contribution in [1.29, 1.82) is 0 Å². The van der Waals surface area contributed by atoms with Gasteiger partial charge in [-0.1, -0.05) is 10.5 Å². The average Bonchev–Trinajstić information content (AvgIpc) is 2.26. The molecule has 5 nitrogen and oxygen atoms in total. The van der Waals surface area contributed by atoms with Crippen LogP contribution in [0.3, 0.4) is 0 Å². The Bertz CT molecular complexity index is 515. The Morgan fingerprint density at radius 2 is 1.89 bits per heavy atom. The van der Waals surface area contributed by atoms with E-state index < -0.39 is 22.1 Å². The first kappa shape index (κ1) is 14.7. The molecule has 102 valence electrons. The number of benzene rings is 1. The molecule has 1 aromatic carbocycles. The Morgan fingerprint density at radius 3 is 2.39 bits per heavy atom. The van der Waals surface area contributed by atoms with Crippen LogP contribution in [-0.2, 0) is 14.9 Å². The van der Waals surface area contributed by atoms with E-state index in [9.17, 15) is 21.6 Å². The van der Waals surface area contributed by atoms with Crippen molar-refractivity contribution in [2.45, 2.75) is 11.3 Å². The molecular formula is C9H10F3NO4S. The van der Waals surface area contributed by atoms with E-state index in [-0.39, 0.29) is 4.90 Å². The molecule has 0 aromatic heterocycles. The van der Waals surface area contributed by atoms with Crippen molar-refractivity contribution < 1.29 is 31.2 Å². The fourth-order valence-corrected chi connectivity index (χ4v) is 2.09. The lowest BCUT2D eigenvalue weighted by molar-refractivity contribution is -0.274. The molecule has 0 amide bonds. The van der Waals surface area contributed by atoms with E-state index in [1.807, 2.05) is 0 Å². The number of ether oxygens (including phenoxy) is 1. The Balaban J connectivity index is 3.10. The van der Waals surface area contributed by atoms with Crippen molar-refractivity contribution >= 4 is 10.0 Å². The summed E-state index contributed by atoms with van der Waals surface area (Å²) in [4.78, 5) is 4.13. The normalized spacial score (nSPS) is 12.8. The first-order valence-corrected chi connectivity index (χ1v) is 5.99. The molecule has 9 heteroatoms. The summed E-state index contributed by atoms with van der Waals surface area (Å²) in [5, 5.41) is 0. The number of halogens is 3. The molecule has 0 spiro atoms. The minimum atomic E-state index is -4.88. The van der Waals surface area contributed by atoms with E-state index in [0.29, 0.717) is 4.47 Å². The van der Waals surface area contributed by atoms with Gasteiger partial charge in [-0.25, -0.2) is 8.42 Å². The van der Waals surface area contributed by atoms with Gasteiger partial charge in [0.25, 0.3) is 10.0 Å². The van der Waals surface area contributed by atoms with Gasteiger partial charge in [0.1, 0.15) is 5.75 Å². The lowest BCUT2D eigenvalue weighted by Crippen LogP contribution is -2.26. The van der Waals surface area contributed by atoms with Gasteiger partial charge in [0.15, 0.2) is 0 Å². The summed E-state index contributed by atoms with van der Waals surface area (Å²) in [6.45, 7) is 0. The minimum Gasteiger partial charge on any atom is -0.406 e. The average molecular weight is 285 g/mol. The van der Waals surface area contributed by atoms with Crippen LogP contribution in [0.25, 0.3) is 0 Å². The maximum Gasteiger partial charge on any atom is 0.573 e. The maximum absolute atomic E-state index is 12.0. The van der Waals surface area contributed by atoms with Gasteiger partial charge >= 0.3 is 6.36 Å². The lowest BCUT2D eigenvalue weighted by atomic mass is 10.3. The Kier molecular flexibility index (Phi) is 4.20. The molecule has 18 heavy (non-hydrogen) atoms. The fourth-order valence-electron chi connectivity index (χ4n) is 1.08. The summed E-state index contributed by atoms with van der Waals surface area (Å²) in [5.41, 5.74) is 0. The topological polar surface area (TPSA) is 55.8 Å². The zero-order valence-electron chi connectivity index (χ0n) is 9.43. The number of alkyl halides is 3. The summed E-state index contributed by atoms with van der Waals surface area (Å²) in [6.07, 6.45) is -4.88. The van der Waals surface area contributed by atoms with Gasteiger partial charge < -0.3 is 4.74 Å². The van der Waals surface area contributed by atoms with Gasteiger partial charge in [0.05, 0.1) is 12.0 Å². The molecule has 0 aliphatic heterocycles. The highest BCUT2D eigenvalue weighted by Crippen LogP contribution is 2.25. The quantitative estimate of drug-likeness (QED) is 0.791. The van der Waals surface area contributed by atoms with Crippen LogP contribution in [0, 0.1) is 0 Å². The zero-order chi connectivity index (χ0) is 14.0. The monoisotopic (exact) mass is 285 g/mol. The molecule has 0 aliphatic carbocycles. The molecule has 0 saturated heterocycles. The summed E-state index contributed by atoms with van der Waals surface area (Å²) in [7, 11) is -1.77. The molecule has 0 saturated carbocycles. The van der Waals surface area contributed by atoms with Crippen molar-refractivity contribution in [3.05, 3.63) is 24.3 Å². The Morgan fingerprint density at radius 1 is 1.28 bits per heavy atom. The number of hydrogen-bond acceptors (Lipinski definition) is 4. The lowest BCUT2D eigenvalue weighted by Gasteiger charge is -2.15. The van der Waals surface area contributed by atoms with Gasteiger partial charge in [-0.15, -0.1) is 13.2 Å². The second-order valence-corrected chi connectivity index (χ2v) is 5.06. The van der Waals surface area contributed by atoms with Crippen molar-refractivity contribution in [2.24, 2.45) is 0 Å². The maximum atomic E-state index is 12.0. The third kappa shape index (κ3) is 3.59. The largest absolute Gasteiger partial charge is 0.573 e. The van der Waals surface area contributed by atoms with Crippen molar-refractivity contribution in [3.63, 3.8) is 0 Å². The van der Waals surface area contributed by atoms with Crippen LogP contribution in [0.1, 0.15) is 0 Å². The number of hydrogen-bond donors (Lipinski definition) is 0. The predicted molar refractivity (Wildman–Crippen MR) is 55.1 cm³/mol. The molecule has 0 aliphatic rings. The first-order chi connectivity index (χ1) is 8.16. The van der Waals surface area contributed by atoms with E-state index in [1.54, 1.807) is 0 Å². The van der Waals surface area contributed by atoms with Crippen LogP contribution in [0.4, 0.5) is 13.2 Å². The molecule has 0 unspecified atom stereocenters. The second-order valence-electron chi connectivity index (χ2n) is 3.12. The minimum absolute atomic E-state index is 0.367.